The van der Waals surface area contributed by atoms with Crippen molar-refractivity contribution in [1.29, 1.82) is 0 Å². The lowest BCUT2D eigenvalue weighted by Crippen LogP contribution is -2.49. The minimum Gasteiger partial charge on any atom is -0.350 e. The maximum Gasteiger partial charge on any atom is 0.132 e. The molecule has 0 saturated carbocycles. The van der Waals surface area contributed by atoms with Crippen molar-refractivity contribution in [1.82, 2.24) is 9.97 Å². The van der Waals surface area contributed by atoms with Gasteiger partial charge in [-0.2, -0.15) is 0 Å². The first-order valence-corrected chi connectivity index (χ1v) is 7.05. The summed E-state index contributed by atoms with van der Waals surface area (Å²) in [5.74, 6) is 1.05. The summed E-state index contributed by atoms with van der Waals surface area (Å²) in [5, 5.41) is 0. The van der Waals surface area contributed by atoms with Crippen LogP contribution in [0.5, 0.6) is 0 Å². The van der Waals surface area contributed by atoms with Crippen LogP contribution in [0.4, 0.5) is 5.82 Å². The zero-order chi connectivity index (χ0) is 13.0. The number of nitrogens with two attached hydrogens (primary N) is 1. The molecule has 2 unspecified atom stereocenters. The Morgan fingerprint density at radius 3 is 2.94 bits per heavy atom. The molecule has 1 aromatic rings. The highest BCUT2D eigenvalue weighted by molar-refractivity contribution is 5.42. The minimum absolute atomic E-state index is 0.429. The van der Waals surface area contributed by atoms with Crippen LogP contribution in [-0.2, 0) is 6.42 Å². The number of hydrogen-bond acceptors (Lipinski definition) is 4. The Kier molecular flexibility index (Phi) is 4.53. The maximum absolute atomic E-state index is 5.90. The molecule has 2 heterocycles. The zero-order valence-corrected chi connectivity index (χ0v) is 11.5. The fourth-order valence-corrected chi connectivity index (χ4v) is 2.85. The molecule has 0 spiro atoms. The minimum atomic E-state index is 0.429. The average molecular weight is 248 g/mol. The van der Waals surface area contributed by atoms with Crippen LogP contribution < -0.4 is 10.6 Å². The molecule has 1 fully saturated rings. The fourth-order valence-electron chi connectivity index (χ4n) is 2.85. The quantitative estimate of drug-likeness (QED) is 0.887. The highest BCUT2D eigenvalue weighted by atomic mass is 15.3. The summed E-state index contributed by atoms with van der Waals surface area (Å²) in [5.41, 5.74) is 7.04. The van der Waals surface area contributed by atoms with Crippen LogP contribution in [0.1, 0.15) is 45.2 Å². The van der Waals surface area contributed by atoms with Crippen LogP contribution in [0, 0.1) is 0 Å². The summed E-state index contributed by atoms with van der Waals surface area (Å²) in [4.78, 5) is 11.2. The molecule has 1 aromatic heterocycles. The van der Waals surface area contributed by atoms with E-state index < -0.39 is 0 Å². The SMILES string of the molecule is CCCc1cc(N2C(C)CCCC2CN)ncn1. The van der Waals surface area contributed by atoms with E-state index in [1.54, 1.807) is 6.33 Å². The summed E-state index contributed by atoms with van der Waals surface area (Å²) >= 11 is 0. The van der Waals surface area contributed by atoms with Crippen molar-refractivity contribution in [2.24, 2.45) is 5.73 Å². The van der Waals surface area contributed by atoms with Crippen LogP contribution in [0.25, 0.3) is 0 Å². The Morgan fingerprint density at radius 2 is 2.22 bits per heavy atom. The summed E-state index contributed by atoms with van der Waals surface area (Å²) in [6, 6.07) is 3.09. The van der Waals surface area contributed by atoms with E-state index in [0.717, 1.165) is 24.4 Å². The summed E-state index contributed by atoms with van der Waals surface area (Å²) in [6.07, 6.45) is 7.50. The number of nitrogens with zero attached hydrogens (tertiary/aromatic N) is 3. The van der Waals surface area contributed by atoms with Gasteiger partial charge < -0.3 is 10.6 Å². The molecule has 1 saturated heterocycles. The second-order valence-electron chi connectivity index (χ2n) is 5.19. The van der Waals surface area contributed by atoms with Gasteiger partial charge >= 0.3 is 0 Å². The van der Waals surface area contributed by atoms with Gasteiger partial charge in [-0.25, -0.2) is 9.97 Å². The molecule has 18 heavy (non-hydrogen) atoms. The lowest BCUT2D eigenvalue weighted by molar-refractivity contribution is 0.397. The highest BCUT2D eigenvalue weighted by Gasteiger charge is 2.28. The molecule has 100 valence electrons. The first-order chi connectivity index (χ1) is 8.76. The highest BCUT2D eigenvalue weighted by Crippen LogP contribution is 2.27. The van der Waals surface area contributed by atoms with Crippen molar-refractivity contribution in [3.05, 3.63) is 18.1 Å². The normalized spacial score (nSPS) is 24.3. The molecule has 2 N–H and O–H groups in total. The van der Waals surface area contributed by atoms with Crippen LogP contribution in [0.3, 0.4) is 0 Å². The van der Waals surface area contributed by atoms with Gasteiger partial charge in [-0.15, -0.1) is 0 Å². The van der Waals surface area contributed by atoms with E-state index in [0.29, 0.717) is 18.6 Å². The Hall–Kier alpha value is -1.16. The van der Waals surface area contributed by atoms with Gasteiger partial charge in [0.15, 0.2) is 0 Å². The standard InChI is InChI=1S/C14H24N4/c1-3-5-12-8-14(17-10-16-12)18-11(2)6-4-7-13(18)9-15/h8,10-11,13H,3-7,9,15H2,1-2H3. The van der Waals surface area contributed by atoms with Crippen molar-refractivity contribution >= 4 is 5.82 Å². The zero-order valence-electron chi connectivity index (χ0n) is 11.5. The van der Waals surface area contributed by atoms with E-state index in [4.69, 9.17) is 5.73 Å². The fraction of sp³-hybridized carbons (Fsp3) is 0.714. The maximum atomic E-state index is 5.90. The van der Waals surface area contributed by atoms with Crippen LogP contribution in [-0.4, -0.2) is 28.6 Å². The van der Waals surface area contributed by atoms with E-state index in [9.17, 15) is 0 Å². The number of aryl methyl sites for hydroxylation is 1. The summed E-state index contributed by atoms with van der Waals surface area (Å²) in [7, 11) is 0. The first kappa shape index (κ1) is 13.3. The van der Waals surface area contributed by atoms with Crippen molar-refractivity contribution in [3.63, 3.8) is 0 Å². The summed E-state index contributed by atoms with van der Waals surface area (Å²) < 4.78 is 0. The molecule has 2 rings (SSSR count). The number of aromatic nitrogens is 2. The smallest absolute Gasteiger partial charge is 0.132 e. The Bertz CT molecular complexity index is 380. The lowest BCUT2D eigenvalue weighted by atomic mass is 9.96. The van der Waals surface area contributed by atoms with Gasteiger partial charge in [0.1, 0.15) is 12.1 Å². The Balaban J connectivity index is 2.23. The van der Waals surface area contributed by atoms with Gasteiger partial charge in [0.05, 0.1) is 0 Å². The number of rotatable bonds is 4. The van der Waals surface area contributed by atoms with E-state index in [1.165, 1.54) is 19.3 Å². The lowest BCUT2D eigenvalue weighted by Gasteiger charge is -2.41. The predicted molar refractivity (Wildman–Crippen MR) is 74.7 cm³/mol. The van der Waals surface area contributed by atoms with Crippen LogP contribution in [0.2, 0.25) is 0 Å². The van der Waals surface area contributed by atoms with Gasteiger partial charge in [0, 0.05) is 30.4 Å². The molecule has 0 aliphatic carbocycles. The van der Waals surface area contributed by atoms with E-state index in [2.05, 4.69) is 34.8 Å². The largest absolute Gasteiger partial charge is 0.350 e. The van der Waals surface area contributed by atoms with Crippen LogP contribution >= 0.6 is 0 Å². The molecule has 0 radical (unpaired) electrons. The van der Waals surface area contributed by atoms with Crippen molar-refractivity contribution in [2.45, 2.75) is 58.0 Å². The van der Waals surface area contributed by atoms with Gasteiger partial charge in [0.25, 0.3) is 0 Å². The molecular weight excluding hydrogens is 224 g/mol. The molecule has 0 amide bonds. The van der Waals surface area contributed by atoms with Gasteiger partial charge in [-0.05, 0) is 32.6 Å². The predicted octanol–water partition coefficient (Wildman–Crippen LogP) is 2.14. The molecule has 0 aromatic carbocycles. The first-order valence-electron chi connectivity index (χ1n) is 7.05. The monoisotopic (exact) mass is 248 g/mol. The second-order valence-corrected chi connectivity index (χ2v) is 5.19. The Labute approximate surface area is 110 Å². The van der Waals surface area contributed by atoms with Gasteiger partial charge in [-0.3, -0.25) is 0 Å². The van der Waals surface area contributed by atoms with Gasteiger partial charge in [0.2, 0.25) is 0 Å². The third kappa shape index (κ3) is 2.80. The average Bonchev–Trinajstić information content (AvgIpc) is 2.39. The molecule has 4 heteroatoms. The number of piperidine rings is 1. The number of hydrogen-bond donors (Lipinski definition) is 1. The third-order valence-electron chi connectivity index (χ3n) is 3.78. The second kappa shape index (κ2) is 6.14. The van der Waals surface area contributed by atoms with Gasteiger partial charge in [-0.1, -0.05) is 13.3 Å². The molecule has 1 aliphatic rings. The topological polar surface area (TPSA) is 55.0 Å². The number of anilines is 1. The van der Waals surface area contributed by atoms with E-state index in [-0.39, 0.29) is 0 Å². The Morgan fingerprint density at radius 1 is 1.39 bits per heavy atom. The molecular formula is C14H24N4. The van der Waals surface area contributed by atoms with Crippen LogP contribution in [0.15, 0.2) is 12.4 Å². The molecule has 1 aliphatic heterocycles. The molecule has 0 bridgehead atoms. The van der Waals surface area contributed by atoms with Crippen molar-refractivity contribution < 1.29 is 0 Å². The van der Waals surface area contributed by atoms with Crippen molar-refractivity contribution in [2.75, 3.05) is 11.4 Å². The summed E-state index contributed by atoms with van der Waals surface area (Å²) in [6.45, 7) is 5.15. The molecule has 4 nitrogen and oxygen atoms in total. The van der Waals surface area contributed by atoms with E-state index in [1.807, 2.05) is 0 Å². The van der Waals surface area contributed by atoms with E-state index >= 15 is 0 Å². The molecule has 2 atom stereocenters. The third-order valence-corrected chi connectivity index (χ3v) is 3.78. The van der Waals surface area contributed by atoms with Crippen molar-refractivity contribution in [3.8, 4) is 0 Å².